The van der Waals surface area contributed by atoms with Crippen LogP contribution in [0.1, 0.15) is 42.6 Å². The summed E-state index contributed by atoms with van der Waals surface area (Å²) in [5, 5.41) is 0. The SMILES string of the molecule is CCOC(=O)CC(Cc1ccccc1)OC1CCc2ccccc21. The van der Waals surface area contributed by atoms with E-state index in [9.17, 15) is 4.79 Å². The highest BCUT2D eigenvalue weighted by Crippen LogP contribution is 2.35. The first-order chi connectivity index (χ1) is 11.8. The Kier molecular flexibility index (Phi) is 5.65. The quantitative estimate of drug-likeness (QED) is 0.714. The molecular weight excluding hydrogens is 300 g/mol. The Balaban J connectivity index is 1.71. The normalized spacial score (nSPS) is 17.3. The van der Waals surface area contributed by atoms with Gasteiger partial charge in [0.05, 0.1) is 25.2 Å². The van der Waals surface area contributed by atoms with Gasteiger partial charge in [0.2, 0.25) is 0 Å². The van der Waals surface area contributed by atoms with Crippen molar-refractivity contribution in [1.82, 2.24) is 0 Å². The van der Waals surface area contributed by atoms with Crippen LogP contribution in [0, 0.1) is 0 Å². The predicted molar refractivity (Wildman–Crippen MR) is 93.8 cm³/mol. The predicted octanol–water partition coefficient (Wildman–Crippen LogP) is 4.26. The van der Waals surface area contributed by atoms with Crippen LogP contribution in [0.15, 0.2) is 54.6 Å². The van der Waals surface area contributed by atoms with E-state index in [2.05, 4.69) is 36.4 Å². The molecule has 2 aromatic rings. The van der Waals surface area contributed by atoms with Gasteiger partial charge in [0.15, 0.2) is 0 Å². The number of aryl methyl sites for hydroxylation is 1. The van der Waals surface area contributed by atoms with Gasteiger partial charge in [0, 0.05) is 0 Å². The highest BCUT2D eigenvalue weighted by molar-refractivity contribution is 5.70. The molecule has 1 aliphatic rings. The first-order valence-corrected chi connectivity index (χ1v) is 8.69. The lowest BCUT2D eigenvalue weighted by molar-refractivity contribution is -0.147. The number of esters is 1. The van der Waals surface area contributed by atoms with E-state index >= 15 is 0 Å². The van der Waals surface area contributed by atoms with Crippen molar-refractivity contribution < 1.29 is 14.3 Å². The molecule has 2 atom stereocenters. The summed E-state index contributed by atoms with van der Waals surface area (Å²) in [6.07, 6.45) is 2.94. The molecular formula is C21H24O3. The molecule has 3 nitrogen and oxygen atoms in total. The zero-order valence-corrected chi connectivity index (χ0v) is 14.1. The van der Waals surface area contributed by atoms with E-state index in [1.807, 2.05) is 25.1 Å². The summed E-state index contributed by atoms with van der Waals surface area (Å²) in [6, 6.07) is 18.6. The zero-order chi connectivity index (χ0) is 16.8. The lowest BCUT2D eigenvalue weighted by Gasteiger charge is -2.22. The van der Waals surface area contributed by atoms with E-state index in [0.29, 0.717) is 13.0 Å². The van der Waals surface area contributed by atoms with E-state index in [0.717, 1.165) is 19.3 Å². The Labute approximate surface area is 143 Å². The number of hydrogen-bond donors (Lipinski definition) is 0. The van der Waals surface area contributed by atoms with Gasteiger partial charge in [-0.05, 0) is 42.9 Å². The Bertz CT molecular complexity index is 666. The summed E-state index contributed by atoms with van der Waals surface area (Å²) in [6.45, 7) is 2.24. The number of rotatable bonds is 7. The zero-order valence-electron chi connectivity index (χ0n) is 14.1. The largest absolute Gasteiger partial charge is 0.466 e. The van der Waals surface area contributed by atoms with Crippen molar-refractivity contribution in [3.63, 3.8) is 0 Å². The summed E-state index contributed by atoms with van der Waals surface area (Å²) in [5.41, 5.74) is 3.80. The van der Waals surface area contributed by atoms with Crippen LogP contribution in [-0.4, -0.2) is 18.7 Å². The molecule has 0 amide bonds. The molecule has 0 N–H and O–H groups in total. The van der Waals surface area contributed by atoms with Crippen molar-refractivity contribution >= 4 is 5.97 Å². The van der Waals surface area contributed by atoms with Gasteiger partial charge in [0.25, 0.3) is 0 Å². The number of ether oxygens (including phenoxy) is 2. The molecule has 126 valence electrons. The monoisotopic (exact) mass is 324 g/mol. The van der Waals surface area contributed by atoms with E-state index in [4.69, 9.17) is 9.47 Å². The third kappa shape index (κ3) is 4.24. The smallest absolute Gasteiger partial charge is 0.308 e. The van der Waals surface area contributed by atoms with Gasteiger partial charge in [-0.2, -0.15) is 0 Å². The van der Waals surface area contributed by atoms with E-state index < -0.39 is 0 Å². The number of carbonyl (C=O) groups is 1. The summed E-state index contributed by atoms with van der Waals surface area (Å²) in [5.74, 6) is -0.190. The Morgan fingerprint density at radius 3 is 2.67 bits per heavy atom. The van der Waals surface area contributed by atoms with Crippen molar-refractivity contribution in [3.05, 3.63) is 71.3 Å². The molecule has 24 heavy (non-hydrogen) atoms. The second-order valence-electron chi connectivity index (χ2n) is 6.18. The maximum Gasteiger partial charge on any atom is 0.308 e. The molecule has 0 saturated carbocycles. The molecule has 2 unspecified atom stereocenters. The van der Waals surface area contributed by atoms with Gasteiger partial charge in [0.1, 0.15) is 0 Å². The topological polar surface area (TPSA) is 35.5 Å². The average molecular weight is 324 g/mol. The average Bonchev–Trinajstić information content (AvgIpc) is 2.99. The fourth-order valence-electron chi connectivity index (χ4n) is 3.34. The van der Waals surface area contributed by atoms with Gasteiger partial charge < -0.3 is 9.47 Å². The van der Waals surface area contributed by atoms with Crippen LogP contribution in [0.2, 0.25) is 0 Å². The van der Waals surface area contributed by atoms with Crippen molar-refractivity contribution in [2.24, 2.45) is 0 Å². The standard InChI is InChI=1S/C21H24O3/c1-2-23-21(22)15-18(14-16-8-4-3-5-9-16)24-20-13-12-17-10-6-7-11-19(17)20/h3-11,18,20H,2,12-15H2,1H3. The molecule has 0 spiro atoms. The van der Waals surface area contributed by atoms with Crippen LogP contribution in [-0.2, 0) is 27.1 Å². The lowest BCUT2D eigenvalue weighted by atomic mass is 10.0. The van der Waals surface area contributed by atoms with Crippen molar-refractivity contribution in [2.45, 2.75) is 44.8 Å². The molecule has 0 aromatic heterocycles. The number of fused-ring (bicyclic) bond motifs is 1. The van der Waals surface area contributed by atoms with Crippen LogP contribution in [0.5, 0.6) is 0 Å². The van der Waals surface area contributed by atoms with E-state index in [-0.39, 0.29) is 18.2 Å². The molecule has 0 saturated heterocycles. The molecule has 3 rings (SSSR count). The number of hydrogen-bond acceptors (Lipinski definition) is 3. The third-order valence-electron chi connectivity index (χ3n) is 4.44. The summed E-state index contributed by atoms with van der Waals surface area (Å²) in [4.78, 5) is 12.0. The summed E-state index contributed by atoms with van der Waals surface area (Å²) < 4.78 is 11.5. The fourth-order valence-corrected chi connectivity index (χ4v) is 3.34. The third-order valence-corrected chi connectivity index (χ3v) is 4.44. The molecule has 2 aromatic carbocycles. The van der Waals surface area contributed by atoms with Crippen LogP contribution >= 0.6 is 0 Å². The van der Waals surface area contributed by atoms with Crippen LogP contribution in [0.3, 0.4) is 0 Å². The number of carbonyl (C=O) groups excluding carboxylic acids is 1. The second-order valence-corrected chi connectivity index (χ2v) is 6.18. The Hall–Kier alpha value is -2.13. The minimum absolute atomic E-state index is 0.0735. The van der Waals surface area contributed by atoms with Gasteiger partial charge in [-0.25, -0.2) is 0 Å². The summed E-state index contributed by atoms with van der Waals surface area (Å²) in [7, 11) is 0. The summed E-state index contributed by atoms with van der Waals surface area (Å²) >= 11 is 0. The molecule has 0 fully saturated rings. The van der Waals surface area contributed by atoms with Gasteiger partial charge in [-0.3, -0.25) is 4.79 Å². The molecule has 0 aliphatic heterocycles. The molecule has 0 heterocycles. The van der Waals surface area contributed by atoms with Crippen LogP contribution in [0.4, 0.5) is 0 Å². The van der Waals surface area contributed by atoms with Crippen LogP contribution < -0.4 is 0 Å². The van der Waals surface area contributed by atoms with Crippen LogP contribution in [0.25, 0.3) is 0 Å². The second kappa shape index (κ2) is 8.11. The minimum Gasteiger partial charge on any atom is -0.466 e. The molecule has 0 bridgehead atoms. The minimum atomic E-state index is -0.190. The van der Waals surface area contributed by atoms with Gasteiger partial charge in [-0.1, -0.05) is 54.6 Å². The first-order valence-electron chi connectivity index (χ1n) is 8.69. The molecule has 3 heteroatoms. The van der Waals surface area contributed by atoms with Crippen molar-refractivity contribution in [3.8, 4) is 0 Å². The highest BCUT2D eigenvalue weighted by Gasteiger charge is 2.27. The van der Waals surface area contributed by atoms with Crippen molar-refractivity contribution in [2.75, 3.05) is 6.61 Å². The highest BCUT2D eigenvalue weighted by atomic mass is 16.5. The van der Waals surface area contributed by atoms with Gasteiger partial charge >= 0.3 is 5.97 Å². The Morgan fingerprint density at radius 1 is 1.12 bits per heavy atom. The maximum absolute atomic E-state index is 12.0. The molecule has 0 radical (unpaired) electrons. The Morgan fingerprint density at radius 2 is 1.88 bits per heavy atom. The lowest BCUT2D eigenvalue weighted by Crippen LogP contribution is -2.23. The van der Waals surface area contributed by atoms with Gasteiger partial charge in [-0.15, -0.1) is 0 Å². The molecule has 1 aliphatic carbocycles. The fraction of sp³-hybridized carbons (Fsp3) is 0.381. The first kappa shape index (κ1) is 16.7. The van der Waals surface area contributed by atoms with Crippen molar-refractivity contribution in [1.29, 1.82) is 0 Å². The van der Waals surface area contributed by atoms with E-state index in [1.54, 1.807) is 0 Å². The maximum atomic E-state index is 12.0. The number of benzene rings is 2. The van der Waals surface area contributed by atoms with E-state index in [1.165, 1.54) is 16.7 Å².